The number of aromatic nitrogens is 1. The smallest absolute Gasteiger partial charge is 0.417 e. The number of carbonyl (C=O) groups excluding carboxylic acids is 4. The van der Waals surface area contributed by atoms with E-state index >= 15 is 0 Å². The number of anilines is 2. The number of urea groups is 1. The van der Waals surface area contributed by atoms with Crippen molar-refractivity contribution in [1.82, 2.24) is 20.5 Å². The van der Waals surface area contributed by atoms with Gasteiger partial charge < -0.3 is 55.0 Å². The first-order chi connectivity index (χ1) is 29.0. The third-order valence-corrected chi connectivity index (χ3v) is 9.19. The molecule has 2 atom stereocenters. The van der Waals surface area contributed by atoms with Crippen LogP contribution in [0.3, 0.4) is 0 Å². The predicted molar refractivity (Wildman–Crippen MR) is 219 cm³/mol. The molecule has 1 aromatic heterocycles. The van der Waals surface area contributed by atoms with Crippen molar-refractivity contribution < 1.29 is 61.1 Å². The second kappa shape index (κ2) is 23.8. The van der Waals surface area contributed by atoms with Gasteiger partial charge in [-0.3, -0.25) is 19.4 Å². The summed E-state index contributed by atoms with van der Waals surface area (Å²) in [5, 5.41) is 19.7. The number of pyridine rings is 1. The Balaban J connectivity index is 1.00. The van der Waals surface area contributed by atoms with Crippen LogP contribution in [0.2, 0.25) is 5.02 Å². The standard InChI is InChI=1S/C41H52ClF3N6O10/c1-40(2,3)36(38(55)51-15-11-29(52)26-51)50-35(53)12-16-57-18-20-59-22-23-60-21-19-58-17-14-47-37(54)34-25-31(10-13-46-34)61-30-7-4-27(5-8-30)48-39(56)49-28-6-9-33(42)32(24-28)41(43,44)45/h4-10,13,24-25,29,36,52H,11-12,14-23,26H2,1-3H3,(H,47,54)(H,50,53)(H2,48,49,56)/t29-,36+/m1/s1. The number of amides is 5. The molecule has 5 N–H and O–H groups in total. The Labute approximate surface area is 356 Å². The highest BCUT2D eigenvalue weighted by Gasteiger charge is 2.38. The molecule has 1 aliphatic rings. The number of carbonyl (C=O) groups is 4. The maximum Gasteiger partial charge on any atom is 0.417 e. The molecule has 16 nitrogen and oxygen atoms in total. The fourth-order valence-electron chi connectivity index (χ4n) is 5.72. The van der Waals surface area contributed by atoms with E-state index in [1.165, 1.54) is 30.5 Å². The van der Waals surface area contributed by atoms with E-state index in [4.69, 9.17) is 35.3 Å². The fraction of sp³-hybridized carbons (Fsp3) is 0.488. The number of β-amino-alcohol motifs (C(OH)–C–C–N with tert-alkyl or cyclic N) is 1. The maximum atomic E-state index is 13.1. The molecule has 0 spiro atoms. The van der Waals surface area contributed by atoms with Gasteiger partial charge in [-0.05, 0) is 60.4 Å². The van der Waals surface area contributed by atoms with Gasteiger partial charge in [0.25, 0.3) is 5.91 Å². The summed E-state index contributed by atoms with van der Waals surface area (Å²) in [6, 6.07) is 10.7. The summed E-state index contributed by atoms with van der Waals surface area (Å²) in [5.41, 5.74) is -1.21. The van der Waals surface area contributed by atoms with E-state index in [9.17, 15) is 37.5 Å². The van der Waals surface area contributed by atoms with Gasteiger partial charge in [0.1, 0.15) is 23.2 Å². The lowest BCUT2D eigenvalue weighted by molar-refractivity contribution is -0.139. The SMILES string of the molecule is CC(C)(C)[C@@H](NC(=O)CCOCCOCCOCCOCCNC(=O)c1cc(Oc2ccc(NC(=O)Nc3ccc(Cl)c(C(F)(F)F)c3)cc2)ccn1)C(=O)N1CC[C@@H](O)C1. The minimum absolute atomic E-state index is 0.0923. The van der Waals surface area contributed by atoms with Crippen LogP contribution in [-0.4, -0.2) is 123 Å². The van der Waals surface area contributed by atoms with E-state index in [1.54, 1.807) is 23.1 Å². The third kappa shape index (κ3) is 17.1. The summed E-state index contributed by atoms with van der Waals surface area (Å²) in [6.07, 6.45) is -3.17. The van der Waals surface area contributed by atoms with Crippen molar-refractivity contribution in [2.45, 2.75) is 51.9 Å². The molecular weight excluding hydrogens is 829 g/mol. The van der Waals surface area contributed by atoms with Crippen molar-refractivity contribution in [2.24, 2.45) is 5.41 Å². The average Bonchev–Trinajstić information content (AvgIpc) is 3.65. The summed E-state index contributed by atoms with van der Waals surface area (Å²) in [5.74, 6) is -0.221. The van der Waals surface area contributed by atoms with Gasteiger partial charge in [0, 0.05) is 49.7 Å². The largest absolute Gasteiger partial charge is 0.457 e. The van der Waals surface area contributed by atoms with Crippen LogP contribution < -0.4 is 26.0 Å². The second-order valence-electron chi connectivity index (χ2n) is 14.8. The second-order valence-corrected chi connectivity index (χ2v) is 15.2. The molecule has 5 amide bonds. The van der Waals surface area contributed by atoms with Crippen LogP contribution in [0.1, 0.15) is 49.7 Å². The summed E-state index contributed by atoms with van der Waals surface area (Å²) in [7, 11) is 0. The van der Waals surface area contributed by atoms with Crippen LogP contribution in [0.15, 0.2) is 60.8 Å². The Bertz CT molecular complexity index is 1900. The van der Waals surface area contributed by atoms with Crippen molar-refractivity contribution in [1.29, 1.82) is 0 Å². The van der Waals surface area contributed by atoms with E-state index in [0.717, 1.165) is 12.1 Å². The summed E-state index contributed by atoms with van der Waals surface area (Å²) < 4.78 is 67.1. The number of alkyl halides is 3. The Morgan fingerprint density at radius 3 is 2.05 bits per heavy atom. The highest BCUT2D eigenvalue weighted by atomic mass is 35.5. The highest BCUT2D eigenvalue weighted by Crippen LogP contribution is 2.36. The van der Waals surface area contributed by atoms with E-state index in [2.05, 4.69) is 26.3 Å². The Kier molecular flexibility index (Phi) is 19.0. The zero-order valence-electron chi connectivity index (χ0n) is 34.1. The van der Waals surface area contributed by atoms with Crippen LogP contribution in [0.5, 0.6) is 11.5 Å². The van der Waals surface area contributed by atoms with Crippen molar-refractivity contribution in [3.63, 3.8) is 0 Å². The molecule has 0 bridgehead atoms. The fourth-order valence-corrected chi connectivity index (χ4v) is 5.94. The molecule has 61 heavy (non-hydrogen) atoms. The van der Waals surface area contributed by atoms with Gasteiger partial charge in [-0.25, -0.2) is 4.79 Å². The van der Waals surface area contributed by atoms with Gasteiger partial charge in [0.05, 0.1) is 69.5 Å². The quantitative estimate of drug-likeness (QED) is 0.0799. The van der Waals surface area contributed by atoms with Gasteiger partial charge in [-0.2, -0.15) is 13.2 Å². The minimum Gasteiger partial charge on any atom is -0.457 e. The lowest BCUT2D eigenvalue weighted by atomic mass is 9.85. The first-order valence-electron chi connectivity index (χ1n) is 19.5. The van der Waals surface area contributed by atoms with Gasteiger partial charge in [-0.15, -0.1) is 0 Å². The molecule has 1 aliphatic heterocycles. The molecule has 3 aromatic rings. The van der Waals surface area contributed by atoms with E-state index in [1.807, 2.05) is 20.8 Å². The number of hydrogen-bond donors (Lipinski definition) is 5. The van der Waals surface area contributed by atoms with Crippen LogP contribution in [0.4, 0.5) is 29.3 Å². The topological polar surface area (TPSA) is 199 Å². The number of likely N-dealkylation sites (tertiary alicyclic amines) is 1. The molecule has 0 saturated carbocycles. The highest BCUT2D eigenvalue weighted by molar-refractivity contribution is 6.31. The Morgan fingerprint density at radius 1 is 0.836 bits per heavy atom. The van der Waals surface area contributed by atoms with Crippen molar-refractivity contribution in [3.05, 3.63) is 77.1 Å². The lowest BCUT2D eigenvalue weighted by Gasteiger charge is -2.33. The summed E-state index contributed by atoms with van der Waals surface area (Å²) >= 11 is 5.63. The number of ether oxygens (including phenoxy) is 5. The molecule has 1 fully saturated rings. The number of aliphatic hydroxyl groups is 1. The van der Waals surface area contributed by atoms with Gasteiger partial charge in [0.15, 0.2) is 0 Å². The summed E-state index contributed by atoms with van der Waals surface area (Å²) in [4.78, 5) is 56.1. The van der Waals surface area contributed by atoms with Crippen molar-refractivity contribution in [2.75, 3.05) is 83.1 Å². The maximum absolute atomic E-state index is 13.1. The van der Waals surface area contributed by atoms with Crippen LogP contribution >= 0.6 is 11.6 Å². The number of hydrogen-bond acceptors (Lipinski definition) is 11. The molecule has 2 aromatic carbocycles. The molecule has 334 valence electrons. The number of benzene rings is 2. The third-order valence-electron chi connectivity index (χ3n) is 8.86. The zero-order chi connectivity index (χ0) is 44.4. The Morgan fingerprint density at radius 2 is 1.44 bits per heavy atom. The summed E-state index contributed by atoms with van der Waals surface area (Å²) in [6.45, 7) is 8.92. The number of aliphatic hydroxyl groups excluding tert-OH is 1. The van der Waals surface area contributed by atoms with Gasteiger partial charge in [-0.1, -0.05) is 32.4 Å². The number of rotatable bonds is 22. The lowest BCUT2D eigenvalue weighted by Crippen LogP contribution is -2.54. The molecule has 2 heterocycles. The monoisotopic (exact) mass is 880 g/mol. The van der Waals surface area contributed by atoms with Crippen molar-refractivity contribution >= 4 is 46.7 Å². The number of nitrogens with zero attached hydrogens (tertiary/aromatic N) is 2. The van der Waals surface area contributed by atoms with Crippen molar-refractivity contribution in [3.8, 4) is 11.5 Å². The predicted octanol–water partition coefficient (Wildman–Crippen LogP) is 5.50. The van der Waals surface area contributed by atoms with Gasteiger partial charge >= 0.3 is 12.2 Å². The molecule has 0 aliphatic carbocycles. The first-order valence-corrected chi connectivity index (χ1v) is 19.9. The first kappa shape index (κ1) is 48.6. The average molecular weight is 881 g/mol. The van der Waals surface area contributed by atoms with E-state index < -0.39 is 46.3 Å². The van der Waals surface area contributed by atoms with E-state index in [0.29, 0.717) is 63.2 Å². The van der Waals surface area contributed by atoms with Crippen LogP contribution in [-0.2, 0) is 34.7 Å². The van der Waals surface area contributed by atoms with Crippen LogP contribution in [0.25, 0.3) is 0 Å². The van der Waals surface area contributed by atoms with Gasteiger partial charge in [0.2, 0.25) is 11.8 Å². The minimum atomic E-state index is -4.68. The Hall–Kier alpha value is -5.05. The number of halogens is 4. The van der Waals surface area contributed by atoms with Crippen LogP contribution in [0, 0.1) is 5.41 Å². The number of nitrogens with one attached hydrogen (secondary N) is 4. The zero-order valence-corrected chi connectivity index (χ0v) is 34.9. The molecule has 0 unspecified atom stereocenters. The van der Waals surface area contributed by atoms with E-state index in [-0.39, 0.29) is 62.5 Å². The normalized spacial score (nSPS) is 14.6. The molecular formula is C41H52ClF3N6O10. The molecule has 0 radical (unpaired) electrons. The molecule has 20 heteroatoms. The molecule has 1 saturated heterocycles. The molecule has 4 rings (SSSR count).